The van der Waals surface area contributed by atoms with Gasteiger partial charge in [0.05, 0.1) is 16.3 Å². The van der Waals surface area contributed by atoms with E-state index in [9.17, 15) is 4.79 Å². The number of halogens is 1. The standard InChI is InChI=1S/C12H16ClNO3/c13-10-8-9(12(16)17)4-5-11(10)14-6-2-1-3-7-15/h4-5,8,14-15H,1-3,6-7H2,(H,16,17). The highest BCUT2D eigenvalue weighted by molar-refractivity contribution is 6.33. The largest absolute Gasteiger partial charge is 0.478 e. The van der Waals surface area contributed by atoms with E-state index in [-0.39, 0.29) is 12.2 Å². The minimum absolute atomic E-state index is 0.181. The summed E-state index contributed by atoms with van der Waals surface area (Å²) in [5.74, 6) is -0.985. The first-order valence-corrected chi connectivity index (χ1v) is 5.90. The average molecular weight is 258 g/mol. The molecule has 1 aromatic carbocycles. The zero-order valence-corrected chi connectivity index (χ0v) is 10.2. The lowest BCUT2D eigenvalue weighted by molar-refractivity contribution is 0.0697. The van der Waals surface area contributed by atoms with Gasteiger partial charge >= 0.3 is 5.97 Å². The van der Waals surface area contributed by atoms with Crippen molar-refractivity contribution in [2.24, 2.45) is 0 Å². The smallest absolute Gasteiger partial charge is 0.335 e. The van der Waals surface area contributed by atoms with E-state index in [1.54, 1.807) is 6.07 Å². The molecule has 0 radical (unpaired) electrons. The molecule has 94 valence electrons. The second-order valence-electron chi connectivity index (χ2n) is 3.71. The van der Waals surface area contributed by atoms with Gasteiger partial charge in [-0.1, -0.05) is 11.6 Å². The second-order valence-corrected chi connectivity index (χ2v) is 4.12. The van der Waals surface area contributed by atoms with Crippen molar-refractivity contribution >= 4 is 23.3 Å². The molecule has 0 fully saturated rings. The summed E-state index contributed by atoms with van der Waals surface area (Å²) in [7, 11) is 0. The normalized spacial score (nSPS) is 10.2. The van der Waals surface area contributed by atoms with Crippen LogP contribution in [0.4, 0.5) is 5.69 Å². The van der Waals surface area contributed by atoms with Crippen LogP contribution in [0.2, 0.25) is 5.02 Å². The zero-order valence-electron chi connectivity index (χ0n) is 9.45. The van der Waals surface area contributed by atoms with Gasteiger partial charge in [-0.05, 0) is 37.5 Å². The van der Waals surface area contributed by atoms with Crippen molar-refractivity contribution in [3.05, 3.63) is 28.8 Å². The number of aromatic carboxylic acids is 1. The summed E-state index contributed by atoms with van der Waals surface area (Å²) >= 11 is 5.95. The fourth-order valence-electron chi connectivity index (χ4n) is 1.43. The van der Waals surface area contributed by atoms with E-state index in [0.717, 1.165) is 31.5 Å². The summed E-state index contributed by atoms with van der Waals surface area (Å²) in [6, 6.07) is 4.61. The van der Waals surface area contributed by atoms with Gasteiger partial charge in [0.1, 0.15) is 0 Å². The maximum absolute atomic E-state index is 10.7. The van der Waals surface area contributed by atoms with Gasteiger partial charge in [0.15, 0.2) is 0 Å². The Hall–Kier alpha value is -1.26. The highest BCUT2D eigenvalue weighted by Gasteiger charge is 2.06. The Labute approximate surface area is 105 Å². The summed E-state index contributed by atoms with van der Waals surface area (Å²) in [5, 5.41) is 20.9. The third-order valence-electron chi connectivity index (χ3n) is 2.37. The summed E-state index contributed by atoms with van der Waals surface area (Å²) < 4.78 is 0. The number of unbranched alkanes of at least 4 members (excludes halogenated alkanes) is 2. The molecule has 3 N–H and O–H groups in total. The number of aliphatic hydroxyl groups is 1. The topological polar surface area (TPSA) is 69.6 Å². The highest BCUT2D eigenvalue weighted by atomic mass is 35.5. The van der Waals surface area contributed by atoms with Gasteiger partial charge < -0.3 is 15.5 Å². The maximum Gasteiger partial charge on any atom is 0.335 e. The van der Waals surface area contributed by atoms with E-state index in [2.05, 4.69) is 5.32 Å². The molecule has 4 nitrogen and oxygen atoms in total. The van der Waals surface area contributed by atoms with Crippen molar-refractivity contribution in [3.8, 4) is 0 Å². The molecule has 0 amide bonds. The Bertz CT molecular complexity index is 382. The van der Waals surface area contributed by atoms with Crippen LogP contribution >= 0.6 is 11.6 Å². The van der Waals surface area contributed by atoms with E-state index >= 15 is 0 Å². The van der Waals surface area contributed by atoms with E-state index < -0.39 is 5.97 Å². The molecule has 0 spiro atoms. The van der Waals surface area contributed by atoms with Crippen LogP contribution in [0.3, 0.4) is 0 Å². The molecule has 0 saturated heterocycles. The van der Waals surface area contributed by atoms with Crippen LogP contribution in [0.1, 0.15) is 29.6 Å². The Kier molecular flexibility index (Phi) is 5.80. The van der Waals surface area contributed by atoms with Gasteiger partial charge in [0, 0.05) is 13.2 Å². The molecule has 0 aliphatic rings. The molecule has 0 heterocycles. The third-order valence-corrected chi connectivity index (χ3v) is 2.68. The van der Waals surface area contributed by atoms with Crippen molar-refractivity contribution in [3.63, 3.8) is 0 Å². The molecule has 0 aliphatic carbocycles. The first kappa shape index (κ1) is 13.8. The van der Waals surface area contributed by atoms with Crippen molar-refractivity contribution in [2.45, 2.75) is 19.3 Å². The number of hydrogen-bond acceptors (Lipinski definition) is 3. The average Bonchev–Trinajstić information content (AvgIpc) is 2.30. The lowest BCUT2D eigenvalue weighted by Crippen LogP contribution is -2.03. The van der Waals surface area contributed by atoms with E-state index in [1.165, 1.54) is 12.1 Å². The summed E-state index contributed by atoms with van der Waals surface area (Å²) in [6.45, 7) is 0.972. The minimum Gasteiger partial charge on any atom is -0.478 e. The predicted octanol–water partition coefficient (Wildman–Crippen LogP) is 2.61. The Morgan fingerprint density at radius 2 is 2.06 bits per heavy atom. The molecule has 0 bridgehead atoms. The quantitative estimate of drug-likeness (QED) is 0.657. The molecule has 17 heavy (non-hydrogen) atoms. The Balaban J connectivity index is 2.46. The second kappa shape index (κ2) is 7.14. The first-order valence-electron chi connectivity index (χ1n) is 5.52. The van der Waals surface area contributed by atoms with Crippen LogP contribution in [-0.4, -0.2) is 29.3 Å². The van der Waals surface area contributed by atoms with Gasteiger partial charge in [0.2, 0.25) is 0 Å². The first-order chi connectivity index (χ1) is 8.15. The molecule has 1 aromatic rings. The van der Waals surface area contributed by atoms with Gasteiger partial charge in [-0.15, -0.1) is 0 Å². The molecule has 5 heteroatoms. The number of benzene rings is 1. The number of carbonyl (C=O) groups is 1. The monoisotopic (exact) mass is 257 g/mol. The molecule has 0 aromatic heterocycles. The van der Waals surface area contributed by atoms with Crippen molar-refractivity contribution in [1.29, 1.82) is 0 Å². The van der Waals surface area contributed by atoms with Crippen LogP contribution in [0.15, 0.2) is 18.2 Å². The predicted molar refractivity (Wildman–Crippen MR) is 67.8 cm³/mol. The third kappa shape index (κ3) is 4.63. The van der Waals surface area contributed by atoms with Gasteiger partial charge in [-0.2, -0.15) is 0 Å². The zero-order chi connectivity index (χ0) is 12.7. The molecule has 0 unspecified atom stereocenters. The molecule has 0 atom stereocenters. The van der Waals surface area contributed by atoms with E-state index in [4.69, 9.17) is 21.8 Å². The Morgan fingerprint density at radius 1 is 1.29 bits per heavy atom. The van der Waals surface area contributed by atoms with Gasteiger partial charge in [-0.25, -0.2) is 4.79 Å². The summed E-state index contributed by atoms with van der Waals surface area (Å²) in [6.07, 6.45) is 2.69. The van der Waals surface area contributed by atoms with Gasteiger partial charge in [-0.3, -0.25) is 0 Å². The number of carboxylic acid groups (broad SMARTS) is 1. The number of aliphatic hydroxyl groups excluding tert-OH is 1. The number of nitrogens with one attached hydrogen (secondary N) is 1. The van der Waals surface area contributed by atoms with Crippen LogP contribution in [0.25, 0.3) is 0 Å². The lowest BCUT2D eigenvalue weighted by Gasteiger charge is -2.08. The van der Waals surface area contributed by atoms with Gasteiger partial charge in [0.25, 0.3) is 0 Å². The Morgan fingerprint density at radius 3 is 2.65 bits per heavy atom. The summed E-state index contributed by atoms with van der Waals surface area (Å²) in [4.78, 5) is 10.7. The fraction of sp³-hybridized carbons (Fsp3) is 0.417. The molecule has 0 aliphatic heterocycles. The molecule has 0 saturated carbocycles. The van der Waals surface area contributed by atoms with Crippen LogP contribution in [-0.2, 0) is 0 Å². The number of anilines is 1. The van der Waals surface area contributed by atoms with Crippen LogP contribution in [0.5, 0.6) is 0 Å². The van der Waals surface area contributed by atoms with Crippen molar-refractivity contribution < 1.29 is 15.0 Å². The number of hydrogen-bond donors (Lipinski definition) is 3. The highest BCUT2D eigenvalue weighted by Crippen LogP contribution is 2.23. The van der Waals surface area contributed by atoms with E-state index in [1.807, 2.05) is 0 Å². The van der Waals surface area contributed by atoms with Crippen molar-refractivity contribution in [1.82, 2.24) is 0 Å². The van der Waals surface area contributed by atoms with E-state index in [0.29, 0.717) is 5.02 Å². The SMILES string of the molecule is O=C(O)c1ccc(NCCCCCO)c(Cl)c1. The summed E-state index contributed by atoms with van der Waals surface area (Å²) in [5.41, 5.74) is 0.918. The molecular weight excluding hydrogens is 242 g/mol. The molecule has 1 rings (SSSR count). The number of carboxylic acids is 1. The molecular formula is C12H16ClNO3. The minimum atomic E-state index is -0.985. The maximum atomic E-state index is 10.7. The van der Waals surface area contributed by atoms with Crippen molar-refractivity contribution in [2.75, 3.05) is 18.5 Å². The lowest BCUT2D eigenvalue weighted by atomic mass is 10.2. The fourth-order valence-corrected chi connectivity index (χ4v) is 1.68. The number of rotatable bonds is 7. The van der Waals surface area contributed by atoms with Crippen LogP contribution in [0, 0.1) is 0 Å². The van der Waals surface area contributed by atoms with Crippen LogP contribution < -0.4 is 5.32 Å².